The maximum atomic E-state index is 11.8. The molecule has 9 heteroatoms. The minimum absolute atomic E-state index is 0.256. The van der Waals surface area contributed by atoms with Crippen molar-refractivity contribution in [3.05, 3.63) is 30.4 Å². The van der Waals surface area contributed by atoms with Crippen LogP contribution in [0.25, 0.3) is 22.5 Å². The largest absolute Gasteiger partial charge is 0.443 e. The van der Waals surface area contributed by atoms with Gasteiger partial charge in [-0.1, -0.05) is 20.8 Å². The molecular weight excluding hydrogens is 489 g/mol. The van der Waals surface area contributed by atoms with E-state index in [0.29, 0.717) is 11.9 Å². The number of carbonyl (C=O) groups excluding carboxylic acids is 1. The molecule has 1 aliphatic carbocycles. The second-order valence-electron chi connectivity index (χ2n) is 6.53. The molecule has 0 spiro atoms. The van der Waals surface area contributed by atoms with Gasteiger partial charge in [-0.2, -0.15) is 0 Å². The highest BCUT2D eigenvalue weighted by Gasteiger charge is 2.28. The summed E-state index contributed by atoms with van der Waals surface area (Å²) in [5.74, 6) is 0.857. The van der Waals surface area contributed by atoms with Gasteiger partial charge in [-0.25, -0.2) is 9.97 Å². The van der Waals surface area contributed by atoms with E-state index in [1.807, 2.05) is 30.1 Å². The second-order valence-corrected chi connectivity index (χ2v) is 8.24. The van der Waals surface area contributed by atoms with E-state index in [-0.39, 0.29) is 11.6 Å². The van der Waals surface area contributed by atoms with Crippen LogP contribution in [0.1, 0.15) is 44.1 Å². The van der Waals surface area contributed by atoms with Crippen LogP contribution in [0.4, 0.5) is 5.69 Å². The smallest absolute Gasteiger partial charge is 0.272 e. The molecule has 1 aliphatic rings. The quantitative estimate of drug-likeness (QED) is 0.460. The van der Waals surface area contributed by atoms with Gasteiger partial charge < -0.3 is 15.1 Å². The molecule has 3 aromatic rings. The minimum Gasteiger partial charge on any atom is -0.443 e. The number of fused-ring (bicyclic) bond motifs is 1. The van der Waals surface area contributed by atoms with Gasteiger partial charge in [-0.05, 0) is 24.8 Å². The molecule has 1 fully saturated rings. The van der Waals surface area contributed by atoms with Crippen LogP contribution in [0.3, 0.4) is 0 Å². The van der Waals surface area contributed by atoms with Gasteiger partial charge in [-0.15, -0.1) is 0 Å². The molecule has 28 heavy (non-hydrogen) atoms. The van der Waals surface area contributed by atoms with Gasteiger partial charge >= 0.3 is 0 Å². The zero-order chi connectivity index (χ0) is 20.3. The SMILES string of the molecule is CC.CNC(=O)c1coc(-c2cnc3c(ccn3SI)c2NC2CC(C)C2)n1. The van der Waals surface area contributed by atoms with Gasteiger partial charge in [0.1, 0.15) is 6.26 Å². The number of oxazole rings is 1. The maximum Gasteiger partial charge on any atom is 0.272 e. The van der Waals surface area contributed by atoms with Crippen LogP contribution in [0.5, 0.6) is 0 Å². The number of hydrogen-bond acceptors (Lipinski definition) is 6. The first kappa shape index (κ1) is 21.0. The van der Waals surface area contributed by atoms with E-state index in [9.17, 15) is 4.79 Å². The highest BCUT2D eigenvalue weighted by atomic mass is 127. The highest BCUT2D eigenvalue weighted by molar-refractivity contribution is 14.2. The van der Waals surface area contributed by atoms with Crippen LogP contribution in [0.15, 0.2) is 29.1 Å². The first-order chi connectivity index (χ1) is 13.6. The van der Waals surface area contributed by atoms with Crippen molar-refractivity contribution in [2.45, 2.75) is 39.7 Å². The summed E-state index contributed by atoms with van der Waals surface area (Å²) in [6, 6.07) is 2.48. The normalized spacial score (nSPS) is 18.2. The van der Waals surface area contributed by atoms with Crippen molar-refractivity contribution in [1.82, 2.24) is 19.3 Å². The van der Waals surface area contributed by atoms with Gasteiger partial charge in [0.05, 0.1) is 11.3 Å². The number of carbonyl (C=O) groups is 1. The van der Waals surface area contributed by atoms with Gasteiger partial charge in [0.15, 0.2) is 11.3 Å². The lowest BCUT2D eigenvalue weighted by molar-refractivity contribution is 0.0958. The Hall–Kier alpha value is -1.75. The Bertz CT molecular complexity index is 965. The van der Waals surface area contributed by atoms with Crippen LogP contribution in [0, 0.1) is 5.92 Å². The lowest BCUT2D eigenvalue weighted by atomic mass is 9.81. The van der Waals surface area contributed by atoms with Crippen LogP contribution in [0.2, 0.25) is 0 Å². The molecule has 0 bridgehead atoms. The average molecular weight is 513 g/mol. The fourth-order valence-electron chi connectivity index (χ4n) is 3.29. The van der Waals surface area contributed by atoms with Gasteiger partial charge in [0.25, 0.3) is 5.91 Å². The molecule has 4 rings (SSSR count). The Balaban J connectivity index is 0.00000109. The number of rotatable bonds is 5. The number of hydrogen-bond donors (Lipinski definition) is 2. The number of amides is 1. The predicted molar refractivity (Wildman–Crippen MR) is 123 cm³/mol. The Kier molecular flexibility index (Phi) is 6.86. The molecule has 0 atom stereocenters. The van der Waals surface area contributed by atoms with E-state index in [1.165, 1.54) is 6.26 Å². The van der Waals surface area contributed by atoms with Crippen molar-refractivity contribution in [3.8, 4) is 11.5 Å². The minimum atomic E-state index is -0.274. The molecule has 3 aromatic heterocycles. The summed E-state index contributed by atoms with van der Waals surface area (Å²) < 4.78 is 7.60. The van der Waals surface area contributed by atoms with E-state index >= 15 is 0 Å². The summed E-state index contributed by atoms with van der Waals surface area (Å²) in [5.41, 5.74) is 2.87. The number of anilines is 1. The zero-order valence-electron chi connectivity index (χ0n) is 16.3. The molecule has 0 saturated heterocycles. The molecule has 7 nitrogen and oxygen atoms in total. The Labute approximate surface area is 180 Å². The third-order valence-electron chi connectivity index (χ3n) is 4.67. The average Bonchev–Trinajstić information content (AvgIpc) is 3.35. The first-order valence-corrected chi connectivity index (χ1v) is 12.7. The summed E-state index contributed by atoms with van der Waals surface area (Å²) in [4.78, 5) is 20.7. The number of nitrogens with zero attached hydrogens (tertiary/aromatic N) is 3. The lowest BCUT2D eigenvalue weighted by Crippen LogP contribution is -2.34. The molecule has 0 unspecified atom stereocenters. The summed E-state index contributed by atoms with van der Waals surface area (Å²) in [6.07, 6.45) is 7.41. The Morgan fingerprint density at radius 3 is 2.79 bits per heavy atom. The molecular formula is C19H24IN5O2S. The third kappa shape index (κ3) is 4.00. The van der Waals surface area contributed by atoms with Crippen LogP contribution >= 0.6 is 30.3 Å². The zero-order valence-corrected chi connectivity index (χ0v) is 19.3. The van der Waals surface area contributed by atoms with E-state index in [2.05, 4.69) is 48.7 Å². The molecule has 1 saturated carbocycles. The van der Waals surface area contributed by atoms with Gasteiger partial charge in [0, 0.05) is 61.2 Å². The van der Waals surface area contributed by atoms with Crippen LogP contribution < -0.4 is 10.6 Å². The third-order valence-corrected chi connectivity index (χ3v) is 6.39. The monoisotopic (exact) mass is 513 g/mol. The second kappa shape index (κ2) is 9.17. The predicted octanol–water partition coefficient (Wildman–Crippen LogP) is 5.13. The van der Waals surface area contributed by atoms with Crippen LogP contribution in [-0.2, 0) is 0 Å². The Morgan fingerprint density at radius 2 is 2.14 bits per heavy atom. The highest BCUT2D eigenvalue weighted by Crippen LogP contribution is 2.39. The van der Waals surface area contributed by atoms with Crippen molar-refractivity contribution >= 4 is 53.0 Å². The molecule has 2 N–H and O–H groups in total. The molecule has 3 heterocycles. The first-order valence-electron chi connectivity index (χ1n) is 9.34. The molecule has 150 valence electrons. The molecule has 0 aliphatic heterocycles. The van der Waals surface area contributed by atoms with Gasteiger partial charge in [0.2, 0.25) is 5.89 Å². The lowest BCUT2D eigenvalue weighted by Gasteiger charge is -2.34. The number of nitrogens with one attached hydrogen (secondary N) is 2. The van der Waals surface area contributed by atoms with E-state index in [0.717, 1.165) is 41.0 Å². The van der Waals surface area contributed by atoms with E-state index < -0.39 is 0 Å². The van der Waals surface area contributed by atoms with E-state index in [1.54, 1.807) is 22.4 Å². The topological polar surface area (TPSA) is 85.0 Å². The van der Waals surface area contributed by atoms with Crippen molar-refractivity contribution in [3.63, 3.8) is 0 Å². The van der Waals surface area contributed by atoms with E-state index in [4.69, 9.17) is 4.42 Å². The van der Waals surface area contributed by atoms with Crippen molar-refractivity contribution in [2.24, 2.45) is 5.92 Å². The number of pyridine rings is 1. The fraction of sp³-hybridized carbons (Fsp3) is 0.421. The summed E-state index contributed by atoms with van der Waals surface area (Å²) in [7, 11) is 3.14. The van der Waals surface area contributed by atoms with Crippen LogP contribution in [-0.4, -0.2) is 32.9 Å². The standard InChI is InChI=1S/C17H18IN5O2S.C2H6/c1-9-5-10(6-9)21-14-11-3-4-23(26-18)15(11)20-7-12(14)17-22-13(8-25-17)16(24)19-2;1-2/h3-4,7-10H,5-6H2,1-2H3,(H,19,24)(H,20,21);1-2H3. The fourth-order valence-corrected chi connectivity index (χ4v) is 4.56. The maximum absolute atomic E-state index is 11.8. The van der Waals surface area contributed by atoms with Gasteiger partial charge in [-0.3, -0.25) is 8.77 Å². The Morgan fingerprint density at radius 1 is 1.39 bits per heavy atom. The van der Waals surface area contributed by atoms with Crippen molar-refractivity contribution in [2.75, 3.05) is 12.4 Å². The summed E-state index contributed by atoms with van der Waals surface area (Å²) in [5, 5.41) is 7.22. The summed E-state index contributed by atoms with van der Waals surface area (Å²) >= 11 is 2.24. The molecule has 1 amide bonds. The summed E-state index contributed by atoms with van der Waals surface area (Å²) in [6.45, 7) is 6.26. The number of aromatic nitrogens is 3. The molecule has 0 aromatic carbocycles. The molecule has 0 radical (unpaired) electrons. The van der Waals surface area contributed by atoms with Crippen molar-refractivity contribution < 1.29 is 9.21 Å². The van der Waals surface area contributed by atoms with Crippen molar-refractivity contribution in [1.29, 1.82) is 0 Å². The number of halogens is 1.